The van der Waals surface area contributed by atoms with E-state index in [0.717, 1.165) is 11.8 Å². The van der Waals surface area contributed by atoms with Gasteiger partial charge in [0.25, 0.3) is 0 Å². The van der Waals surface area contributed by atoms with Crippen molar-refractivity contribution in [3.05, 3.63) is 11.6 Å². The van der Waals surface area contributed by atoms with Crippen LogP contribution in [0.4, 0.5) is 0 Å². The van der Waals surface area contributed by atoms with E-state index in [1.807, 2.05) is 0 Å². The van der Waals surface area contributed by atoms with Crippen molar-refractivity contribution in [3.8, 4) is 0 Å². The molecule has 2 unspecified atom stereocenters. The highest BCUT2D eigenvalue weighted by Gasteiger charge is 2.17. The summed E-state index contributed by atoms with van der Waals surface area (Å²) < 4.78 is 0. The Kier molecular flexibility index (Phi) is 11.4. The zero-order chi connectivity index (χ0) is 14.7. The first-order valence-electron chi connectivity index (χ1n) is 8.68. The van der Waals surface area contributed by atoms with Crippen LogP contribution in [0.25, 0.3) is 0 Å². The maximum absolute atomic E-state index is 2.48. The molecule has 0 heterocycles. The van der Waals surface area contributed by atoms with Crippen LogP contribution in [-0.4, -0.2) is 0 Å². The number of hydrogen-bond donors (Lipinski definition) is 0. The highest BCUT2D eigenvalue weighted by molar-refractivity contribution is 5.01. The van der Waals surface area contributed by atoms with Crippen LogP contribution in [0, 0.1) is 17.8 Å². The van der Waals surface area contributed by atoms with Gasteiger partial charge in [0, 0.05) is 0 Å². The van der Waals surface area contributed by atoms with Crippen molar-refractivity contribution in [1.29, 1.82) is 0 Å². The van der Waals surface area contributed by atoms with Crippen LogP contribution in [0.1, 0.15) is 92.9 Å². The Labute approximate surface area is 123 Å². The van der Waals surface area contributed by atoms with Crippen molar-refractivity contribution in [1.82, 2.24) is 0 Å². The second kappa shape index (κ2) is 11.6. The predicted octanol–water partition coefficient (Wildman–Crippen LogP) is 7.00. The summed E-state index contributed by atoms with van der Waals surface area (Å²) in [6.07, 6.45) is 13.6. The van der Waals surface area contributed by atoms with Gasteiger partial charge in [-0.15, -0.1) is 0 Å². The predicted molar refractivity (Wildman–Crippen MR) is 89.5 cm³/mol. The van der Waals surface area contributed by atoms with Crippen molar-refractivity contribution in [2.24, 2.45) is 17.8 Å². The largest absolute Gasteiger partial charge is 0.0830 e. The summed E-state index contributed by atoms with van der Waals surface area (Å²) >= 11 is 0. The third kappa shape index (κ3) is 10.2. The number of unbranched alkanes of at least 4 members (excludes halogenated alkanes) is 3. The first kappa shape index (κ1) is 18.7. The SMILES string of the molecule is CCCCCC(CC(C)=CC(C)C)C(C)CCCC. The van der Waals surface area contributed by atoms with Crippen LogP contribution >= 0.6 is 0 Å². The van der Waals surface area contributed by atoms with Crippen LogP contribution in [0.15, 0.2) is 11.6 Å². The fourth-order valence-corrected chi connectivity index (χ4v) is 3.06. The maximum atomic E-state index is 2.48. The Morgan fingerprint density at radius 3 is 2.05 bits per heavy atom. The molecule has 0 aliphatic heterocycles. The lowest BCUT2D eigenvalue weighted by Gasteiger charge is -2.25. The third-order valence-electron chi connectivity index (χ3n) is 4.20. The topological polar surface area (TPSA) is 0 Å². The van der Waals surface area contributed by atoms with Crippen LogP contribution in [-0.2, 0) is 0 Å². The smallest absolute Gasteiger partial charge is 0.0288 e. The molecule has 0 spiro atoms. The molecule has 0 fully saturated rings. The molecule has 0 aliphatic carbocycles. The van der Waals surface area contributed by atoms with Gasteiger partial charge in [-0.2, -0.15) is 0 Å². The standard InChI is InChI=1S/C19H38/c1-7-9-11-13-19(18(6)12-10-8-2)15-17(5)14-16(3)4/h14,16,18-19H,7-13,15H2,1-6H3. The van der Waals surface area contributed by atoms with E-state index in [1.54, 1.807) is 5.57 Å². The Morgan fingerprint density at radius 1 is 0.895 bits per heavy atom. The Balaban J connectivity index is 4.38. The van der Waals surface area contributed by atoms with Gasteiger partial charge in [-0.1, -0.05) is 84.8 Å². The molecular formula is C19H38. The van der Waals surface area contributed by atoms with Gasteiger partial charge in [0.1, 0.15) is 0 Å². The molecule has 0 aliphatic rings. The van der Waals surface area contributed by atoms with Crippen molar-refractivity contribution in [3.63, 3.8) is 0 Å². The van der Waals surface area contributed by atoms with Gasteiger partial charge in [0.05, 0.1) is 0 Å². The molecular weight excluding hydrogens is 228 g/mol. The lowest BCUT2D eigenvalue weighted by Crippen LogP contribution is -2.13. The lowest BCUT2D eigenvalue weighted by atomic mass is 9.81. The Morgan fingerprint density at radius 2 is 1.53 bits per heavy atom. The Hall–Kier alpha value is -0.260. The van der Waals surface area contributed by atoms with E-state index < -0.39 is 0 Å². The fraction of sp³-hybridized carbons (Fsp3) is 0.895. The quantitative estimate of drug-likeness (QED) is 0.279. The maximum Gasteiger partial charge on any atom is -0.0288 e. The van der Waals surface area contributed by atoms with Crippen LogP contribution in [0.2, 0.25) is 0 Å². The molecule has 0 aromatic heterocycles. The van der Waals surface area contributed by atoms with E-state index in [1.165, 1.54) is 51.4 Å². The Bertz CT molecular complexity index is 224. The van der Waals surface area contributed by atoms with Gasteiger partial charge in [-0.3, -0.25) is 0 Å². The van der Waals surface area contributed by atoms with Crippen molar-refractivity contribution in [2.75, 3.05) is 0 Å². The van der Waals surface area contributed by atoms with E-state index in [4.69, 9.17) is 0 Å². The van der Waals surface area contributed by atoms with Gasteiger partial charge in [0.2, 0.25) is 0 Å². The highest BCUT2D eigenvalue weighted by Crippen LogP contribution is 2.29. The van der Waals surface area contributed by atoms with E-state index in [2.05, 4.69) is 47.6 Å². The first-order valence-corrected chi connectivity index (χ1v) is 8.68. The average molecular weight is 267 g/mol. The molecule has 0 N–H and O–H groups in total. The first-order chi connectivity index (χ1) is 9.01. The molecule has 0 rings (SSSR count). The van der Waals surface area contributed by atoms with Gasteiger partial charge < -0.3 is 0 Å². The van der Waals surface area contributed by atoms with Gasteiger partial charge in [0.15, 0.2) is 0 Å². The third-order valence-corrected chi connectivity index (χ3v) is 4.20. The molecule has 0 heteroatoms. The number of allylic oxidation sites excluding steroid dienone is 2. The van der Waals surface area contributed by atoms with E-state index in [-0.39, 0.29) is 0 Å². The summed E-state index contributed by atoms with van der Waals surface area (Å²) in [5, 5.41) is 0. The molecule has 0 nitrogen and oxygen atoms in total. The minimum atomic E-state index is 0.697. The fourth-order valence-electron chi connectivity index (χ4n) is 3.06. The van der Waals surface area contributed by atoms with E-state index in [9.17, 15) is 0 Å². The van der Waals surface area contributed by atoms with Gasteiger partial charge >= 0.3 is 0 Å². The summed E-state index contributed by atoms with van der Waals surface area (Å²) in [4.78, 5) is 0. The van der Waals surface area contributed by atoms with Gasteiger partial charge in [-0.25, -0.2) is 0 Å². The monoisotopic (exact) mass is 266 g/mol. The molecule has 0 bridgehead atoms. The van der Waals surface area contributed by atoms with Crippen LogP contribution in [0.5, 0.6) is 0 Å². The average Bonchev–Trinajstić information content (AvgIpc) is 2.34. The molecule has 114 valence electrons. The molecule has 0 amide bonds. The summed E-state index contributed by atoms with van der Waals surface area (Å²) in [5.41, 5.74) is 1.61. The zero-order valence-electron chi connectivity index (χ0n) is 14.5. The highest BCUT2D eigenvalue weighted by atomic mass is 14.2. The normalized spacial score (nSPS) is 15.8. The molecule has 19 heavy (non-hydrogen) atoms. The number of hydrogen-bond acceptors (Lipinski definition) is 0. The summed E-state index contributed by atoms with van der Waals surface area (Å²) in [6.45, 7) is 14.0. The molecule has 0 saturated carbocycles. The molecule has 2 atom stereocenters. The van der Waals surface area contributed by atoms with Gasteiger partial charge in [-0.05, 0) is 37.5 Å². The second-order valence-corrected chi connectivity index (χ2v) is 6.84. The van der Waals surface area contributed by atoms with E-state index >= 15 is 0 Å². The second-order valence-electron chi connectivity index (χ2n) is 6.84. The van der Waals surface area contributed by atoms with Crippen molar-refractivity contribution < 1.29 is 0 Å². The van der Waals surface area contributed by atoms with E-state index in [0.29, 0.717) is 5.92 Å². The van der Waals surface area contributed by atoms with Crippen LogP contribution in [0.3, 0.4) is 0 Å². The number of rotatable bonds is 11. The summed E-state index contributed by atoms with van der Waals surface area (Å²) in [5.74, 6) is 2.50. The van der Waals surface area contributed by atoms with Crippen molar-refractivity contribution in [2.45, 2.75) is 92.9 Å². The van der Waals surface area contributed by atoms with Crippen LogP contribution < -0.4 is 0 Å². The molecule has 0 radical (unpaired) electrons. The summed E-state index contributed by atoms with van der Waals surface area (Å²) in [6, 6.07) is 0. The lowest BCUT2D eigenvalue weighted by molar-refractivity contribution is 0.299. The summed E-state index contributed by atoms with van der Waals surface area (Å²) in [7, 11) is 0. The van der Waals surface area contributed by atoms with Crippen molar-refractivity contribution >= 4 is 0 Å². The zero-order valence-corrected chi connectivity index (χ0v) is 14.5. The molecule has 0 saturated heterocycles. The minimum Gasteiger partial charge on any atom is -0.0830 e. The molecule has 0 aromatic carbocycles. The molecule has 0 aromatic rings. The minimum absolute atomic E-state index is 0.697.